The molecule has 2 aliphatic rings. The van der Waals surface area contributed by atoms with E-state index in [-0.39, 0.29) is 37.0 Å². The standard InChI is InChI=1S/C33H53N3O7/c1-22(2)16-26(21-41-8)34-30(37)24-17-25(20-35(19-24)32(39)43-33(4,5)6)31(38)36(27-12-13-27)28-11-10-23(3)29(18-28)42-15-9-14-40-7/h10-11,18,22,24-27H,9,12-17,19-21H2,1-8H3,(H,34,37)/t24-,25+,26+/m0/s1. The highest BCUT2D eigenvalue weighted by Crippen LogP contribution is 2.37. The first-order chi connectivity index (χ1) is 20.3. The van der Waals surface area contributed by atoms with Crippen LogP contribution in [-0.4, -0.2) is 87.6 Å². The maximum atomic E-state index is 14.3. The van der Waals surface area contributed by atoms with E-state index in [9.17, 15) is 14.4 Å². The molecule has 0 aromatic heterocycles. The van der Waals surface area contributed by atoms with Crippen LogP contribution in [0.5, 0.6) is 5.75 Å². The van der Waals surface area contributed by atoms with Crippen LogP contribution in [0.2, 0.25) is 0 Å². The fraction of sp³-hybridized carbons (Fsp3) is 0.727. The van der Waals surface area contributed by atoms with Gasteiger partial charge < -0.3 is 34.1 Å². The van der Waals surface area contributed by atoms with Gasteiger partial charge in [-0.3, -0.25) is 9.59 Å². The van der Waals surface area contributed by atoms with Gasteiger partial charge in [0.15, 0.2) is 0 Å². The molecular weight excluding hydrogens is 550 g/mol. The highest BCUT2D eigenvalue weighted by Gasteiger charge is 2.43. The lowest BCUT2D eigenvalue weighted by molar-refractivity contribution is -0.131. The molecule has 1 aliphatic carbocycles. The number of methoxy groups -OCH3 is 2. The van der Waals surface area contributed by atoms with E-state index in [2.05, 4.69) is 19.2 Å². The van der Waals surface area contributed by atoms with Crippen LogP contribution in [0.25, 0.3) is 0 Å². The molecule has 1 heterocycles. The maximum Gasteiger partial charge on any atom is 0.410 e. The van der Waals surface area contributed by atoms with Crippen LogP contribution >= 0.6 is 0 Å². The summed E-state index contributed by atoms with van der Waals surface area (Å²) < 4.78 is 22.2. The van der Waals surface area contributed by atoms with Crippen molar-refractivity contribution < 1.29 is 33.3 Å². The van der Waals surface area contributed by atoms with Crippen LogP contribution in [0.1, 0.15) is 72.3 Å². The van der Waals surface area contributed by atoms with Gasteiger partial charge in [-0.15, -0.1) is 0 Å². The van der Waals surface area contributed by atoms with Crippen LogP contribution in [0.15, 0.2) is 18.2 Å². The number of ether oxygens (including phenoxy) is 4. The van der Waals surface area contributed by atoms with Crippen molar-refractivity contribution in [3.8, 4) is 5.75 Å². The fourth-order valence-corrected chi connectivity index (χ4v) is 5.53. The van der Waals surface area contributed by atoms with Crippen molar-refractivity contribution in [2.45, 2.75) is 91.3 Å². The molecule has 0 unspecified atom stereocenters. The summed E-state index contributed by atoms with van der Waals surface area (Å²) in [4.78, 5) is 44.5. The number of piperidine rings is 1. The lowest BCUT2D eigenvalue weighted by Gasteiger charge is -2.39. The largest absolute Gasteiger partial charge is 0.493 e. The summed E-state index contributed by atoms with van der Waals surface area (Å²) >= 11 is 0. The van der Waals surface area contributed by atoms with Crippen molar-refractivity contribution in [2.75, 3.05) is 52.0 Å². The number of rotatable bonds is 14. The smallest absolute Gasteiger partial charge is 0.410 e. The molecule has 1 aromatic rings. The number of nitrogens with one attached hydrogen (secondary N) is 1. The van der Waals surface area contributed by atoms with E-state index in [0.29, 0.717) is 32.2 Å². The van der Waals surface area contributed by atoms with Gasteiger partial charge >= 0.3 is 6.09 Å². The van der Waals surface area contributed by atoms with Gasteiger partial charge in [-0.05, 0) is 70.9 Å². The van der Waals surface area contributed by atoms with Gasteiger partial charge in [-0.2, -0.15) is 0 Å². The van der Waals surface area contributed by atoms with Crippen LogP contribution in [0, 0.1) is 24.7 Å². The second-order valence-electron chi connectivity index (χ2n) is 13.4. The van der Waals surface area contributed by atoms with Crippen molar-refractivity contribution in [3.05, 3.63) is 23.8 Å². The molecule has 1 aliphatic heterocycles. The Balaban J connectivity index is 1.85. The second kappa shape index (κ2) is 15.7. The summed E-state index contributed by atoms with van der Waals surface area (Å²) in [5, 5.41) is 3.13. The molecule has 1 aromatic carbocycles. The molecule has 1 saturated carbocycles. The quantitative estimate of drug-likeness (QED) is 0.300. The molecule has 3 atom stereocenters. The minimum Gasteiger partial charge on any atom is -0.493 e. The number of amides is 3. The SMILES string of the molecule is COCCCOc1cc(N(C(=O)[C@@H]2C[C@H](C(=O)N[C@@H](COC)CC(C)C)CN(C(=O)OC(C)(C)C)C2)C2CC2)ccc1C. The van der Waals surface area contributed by atoms with Gasteiger partial charge in [0.25, 0.3) is 0 Å². The molecule has 0 spiro atoms. The van der Waals surface area contributed by atoms with E-state index in [1.807, 2.05) is 50.8 Å². The molecule has 0 bridgehead atoms. The summed E-state index contributed by atoms with van der Waals surface area (Å²) in [6.45, 7) is 13.5. The van der Waals surface area contributed by atoms with Crippen molar-refractivity contribution in [2.24, 2.45) is 17.8 Å². The molecule has 242 valence electrons. The average Bonchev–Trinajstić information content (AvgIpc) is 3.76. The molecular formula is C33H53N3O7. The minimum atomic E-state index is -0.700. The monoisotopic (exact) mass is 603 g/mol. The Hall–Kier alpha value is -2.85. The lowest BCUT2D eigenvalue weighted by atomic mass is 9.87. The zero-order chi connectivity index (χ0) is 31.7. The Bertz CT molecular complexity index is 1080. The van der Waals surface area contributed by atoms with Crippen molar-refractivity contribution >= 4 is 23.6 Å². The third-order valence-electron chi connectivity index (χ3n) is 7.64. The minimum absolute atomic E-state index is 0.0813. The maximum absolute atomic E-state index is 14.3. The number of hydrogen-bond acceptors (Lipinski definition) is 7. The lowest BCUT2D eigenvalue weighted by Crippen LogP contribution is -2.55. The summed E-state index contributed by atoms with van der Waals surface area (Å²) in [6, 6.07) is 5.78. The number of carbonyl (C=O) groups excluding carboxylic acids is 3. The fourth-order valence-electron chi connectivity index (χ4n) is 5.53. The Labute approximate surface area is 257 Å². The van der Waals surface area contributed by atoms with E-state index in [4.69, 9.17) is 18.9 Å². The van der Waals surface area contributed by atoms with Gasteiger partial charge in [-0.25, -0.2) is 4.79 Å². The van der Waals surface area contributed by atoms with E-state index >= 15 is 0 Å². The topological polar surface area (TPSA) is 107 Å². The molecule has 1 saturated heterocycles. The Kier molecular flexibility index (Phi) is 12.7. The summed E-state index contributed by atoms with van der Waals surface area (Å²) in [6.07, 6.45) is 3.18. The van der Waals surface area contributed by atoms with Gasteiger partial charge in [-0.1, -0.05) is 19.9 Å². The van der Waals surface area contributed by atoms with Crippen molar-refractivity contribution in [1.29, 1.82) is 0 Å². The first kappa shape index (κ1) is 34.6. The summed E-state index contributed by atoms with van der Waals surface area (Å²) in [5.41, 5.74) is 1.06. The molecule has 3 amide bonds. The molecule has 10 nitrogen and oxygen atoms in total. The number of carbonyl (C=O) groups is 3. The molecule has 1 N–H and O–H groups in total. The predicted octanol–water partition coefficient (Wildman–Crippen LogP) is 4.96. The number of hydrogen-bond donors (Lipinski definition) is 1. The number of aryl methyl sites for hydroxylation is 1. The van der Waals surface area contributed by atoms with E-state index in [1.54, 1.807) is 14.2 Å². The summed E-state index contributed by atoms with van der Waals surface area (Å²) in [7, 11) is 3.28. The number of anilines is 1. The van der Waals surface area contributed by atoms with Gasteiger partial charge in [0, 0.05) is 58.1 Å². The number of nitrogens with zero attached hydrogens (tertiary/aromatic N) is 2. The van der Waals surface area contributed by atoms with Crippen molar-refractivity contribution in [3.63, 3.8) is 0 Å². The highest BCUT2D eigenvalue weighted by molar-refractivity contribution is 5.97. The van der Waals surface area contributed by atoms with E-state index < -0.39 is 23.5 Å². The third-order valence-corrected chi connectivity index (χ3v) is 7.64. The van der Waals surface area contributed by atoms with Gasteiger partial charge in [0.2, 0.25) is 11.8 Å². The third kappa shape index (κ3) is 10.7. The van der Waals surface area contributed by atoms with Crippen LogP contribution in [-0.2, 0) is 23.8 Å². The van der Waals surface area contributed by atoms with E-state index in [1.165, 1.54) is 4.90 Å². The first-order valence-electron chi connectivity index (χ1n) is 15.7. The van der Waals surface area contributed by atoms with Crippen molar-refractivity contribution in [1.82, 2.24) is 10.2 Å². The van der Waals surface area contributed by atoms with Gasteiger partial charge in [0.1, 0.15) is 11.4 Å². The Morgan fingerprint density at radius 1 is 1.05 bits per heavy atom. The van der Waals surface area contributed by atoms with Crippen LogP contribution in [0.3, 0.4) is 0 Å². The van der Waals surface area contributed by atoms with E-state index in [0.717, 1.165) is 42.7 Å². The second-order valence-corrected chi connectivity index (χ2v) is 13.4. The zero-order valence-electron chi connectivity index (χ0n) is 27.4. The number of benzene rings is 1. The highest BCUT2D eigenvalue weighted by atomic mass is 16.6. The Morgan fingerprint density at radius 3 is 2.35 bits per heavy atom. The number of likely N-dealkylation sites (tertiary alicyclic amines) is 1. The van der Waals surface area contributed by atoms with Gasteiger partial charge in [0.05, 0.1) is 31.1 Å². The van der Waals surface area contributed by atoms with Crippen LogP contribution in [0.4, 0.5) is 10.5 Å². The first-order valence-corrected chi connectivity index (χ1v) is 15.7. The normalized spacial score (nSPS) is 19.6. The zero-order valence-corrected chi connectivity index (χ0v) is 27.4. The molecule has 2 fully saturated rings. The Morgan fingerprint density at radius 2 is 1.74 bits per heavy atom. The summed E-state index contributed by atoms with van der Waals surface area (Å²) in [5.74, 6) is -0.267. The molecule has 10 heteroatoms. The molecule has 0 radical (unpaired) electrons. The average molecular weight is 604 g/mol. The predicted molar refractivity (Wildman–Crippen MR) is 166 cm³/mol. The molecule has 43 heavy (non-hydrogen) atoms. The van der Waals surface area contributed by atoms with Crippen LogP contribution < -0.4 is 15.0 Å². The molecule has 3 rings (SSSR count).